The van der Waals surface area contributed by atoms with Crippen LogP contribution in [0, 0.1) is 5.92 Å². The number of hydrogen-bond donors (Lipinski definition) is 4. The molecule has 1 heterocycles. The molecule has 0 saturated heterocycles. The maximum absolute atomic E-state index is 11.4. The van der Waals surface area contributed by atoms with E-state index in [1.165, 1.54) is 0 Å². The Kier molecular flexibility index (Phi) is 3.45. The second-order valence-electron chi connectivity index (χ2n) is 4.34. The molecule has 1 aliphatic carbocycles. The zero-order valence-electron chi connectivity index (χ0n) is 9.60. The maximum Gasteiger partial charge on any atom is 0.342 e. The number of carboxylic acid groups (broad SMARTS) is 1. The van der Waals surface area contributed by atoms with E-state index in [2.05, 4.69) is 15.5 Å². The molecular weight excluding hydrogens is 240 g/mol. The maximum atomic E-state index is 11.4. The molecule has 98 valence electrons. The minimum atomic E-state index is -0.881. The minimum Gasteiger partial charge on any atom is -0.481 e. The van der Waals surface area contributed by atoms with Crippen LogP contribution in [0.3, 0.4) is 0 Å². The molecule has 1 aromatic rings. The van der Waals surface area contributed by atoms with Crippen LogP contribution in [0.1, 0.15) is 25.7 Å². The van der Waals surface area contributed by atoms with Crippen LogP contribution < -0.4 is 16.6 Å². The molecule has 2 unspecified atom stereocenters. The number of rotatable bonds is 3. The van der Waals surface area contributed by atoms with Crippen molar-refractivity contribution in [2.75, 3.05) is 5.32 Å². The van der Waals surface area contributed by atoms with E-state index in [1.807, 2.05) is 4.98 Å². The highest BCUT2D eigenvalue weighted by molar-refractivity contribution is 5.71. The van der Waals surface area contributed by atoms with Crippen molar-refractivity contribution < 1.29 is 9.90 Å². The Morgan fingerprint density at radius 1 is 1.33 bits per heavy atom. The zero-order valence-corrected chi connectivity index (χ0v) is 9.60. The molecule has 0 aromatic carbocycles. The van der Waals surface area contributed by atoms with Gasteiger partial charge in [-0.15, -0.1) is 5.10 Å². The number of hydrogen-bond acceptors (Lipinski definition) is 5. The van der Waals surface area contributed by atoms with Crippen molar-refractivity contribution in [3.05, 3.63) is 20.8 Å². The van der Waals surface area contributed by atoms with Gasteiger partial charge in [-0.25, -0.2) is 9.89 Å². The average molecular weight is 254 g/mol. The fraction of sp³-hybridized carbons (Fsp3) is 0.600. The summed E-state index contributed by atoms with van der Waals surface area (Å²) in [6, 6.07) is -0.337. The van der Waals surface area contributed by atoms with Crippen LogP contribution in [0.25, 0.3) is 0 Å². The molecule has 0 amide bonds. The second-order valence-corrected chi connectivity index (χ2v) is 4.34. The van der Waals surface area contributed by atoms with E-state index < -0.39 is 23.1 Å². The average Bonchev–Trinajstić information content (AvgIpc) is 2.33. The summed E-state index contributed by atoms with van der Waals surface area (Å²) in [5, 5.41) is 17.6. The summed E-state index contributed by atoms with van der Waals surface area (Å²) in [5.41, 5.74) is -1.34. The van der Waals surface area contributed by atoms with E-state index >= 15 is 0 Å². The number of H-pyrrole nitrogens is 2. The smallest absolute Gasteiger partial charge is 0.342 e. The molecule has 2 rings (SSSR count). The van der Waals surface area contributed by atoms with Gasteiger partial charge in [-0.3, -0.25) is 14.6 Å². The predicted octanol–water partition coefficient (Wildman–Crippen LogP) is -0.487. The first-order valence-electron chi connectivity index (χ1n) is 5.76. The molecule has 1 saturated carbocycles. The fourth-order valence-electron chi connectivity index (χ4n) is 2.22. The molecule has 0 bridgehead atoms. The molecule has 0 spiro atoms. The lowest BCUT2D eigenvalue weighted by atomic mass is 9.84. The van der Waals surface area contributed by atoms with Crippen LogP contribution in [0.2, 0.25) is 0 Å². The summed E-state index contributed by atoms with van der Waals surface area (Å²) in [6.45, 7) is 0. The van der Waals surface area contributed by atoms with Crippen molar-refractivity contribution in [1.82, 2.24) is 15.2 Å². The van der Waals surface area contributed by atoms with E-state index in [-0.39, 0.29) is 11.9 Å². The first-order valence-corrected chi connectivity index (χ1v) is 5.76. The summed E-state index contributed by atoms with van der Waals surface area (Å²) in [7, 11) is 0. The summed E-state index contributed by atoms with van der Waals surface area (Å²) in [6.07, 6.45) is 3.01. The van der Waals surface area contributed by atoms with Gasteiger partial charge >= 0.3 is 11.7 Å². The predicted molar refractivity (Wildman–Crippen MR) is 62.5 cm³/mol. The Balaban J connectivity index is 2.18. The Labute approximate surface area is 101 Å². The molecule has 2 atom stereocenters. The Bertz CT molecular complexity index is 549. The lowest BCUT2D eigenvalue weighted by molar-refractivity contribution is -0.143. The number of nitrogens with one attached hydrogen (secondary N) is 3. The molecule has 18 heavy (non-hydrogen) atoms. The molecule has 8 heteroatoms. The third kappa shape index (κ3) is 2.58. The third-order valence-electron chi connectivity index (χ3n) is 3.12. The summed E-state index contributed by atoms with van der Waals surface area (Å²) < 4.78 is 0. The van der Waals surface area contributed by atoms with Crippen molar-refractivity contribution in [1.29, 1.82) is 0 Å². The molecular formula is C10H14N4O4. The summed E-state index contributed by atoms with van der Waals surface area (Å²) >= 11 is 0. The van der Waals surface area contributed by atoms with Gasteiger partial charge in [0.2, 0.25) is 5.82 Å². The number of aromatic amines is 2. The molecule has 1 fully saturated rings. The van der Waals surface area contributed by atoms with Crippen LogP contribution in [-0.4, -0.2) is 32.3 Å². The molecule has 1 aliphatic rings. The highest BCUT2D eigenvalue weighted by Crippen LogP contribution is 2.26. The molecule has 0 radical (unpaired) electrons. The Morgan fingerprint density at radius 3 is 2.72 bits per heavy atom. The Hall–Kier alpha value is -2.12. The monoisotopic (exact) mass is 254 g/mol. The molecule has 8 nitrogen and oxygen atoms in total. The zero-order chi connectivity index (χ0) is 13.1. The normalized spacial score (nSPS) is 23.6. The lowest BCUT2D eigenvalue weighted by Crippen LogP contribution is -2.39. The number of aromatic nitrogens is 3. The Morgan fingerprint density at radius 2 is 2.06 bits per heavy atom. The van der Waals surface area contributed by atoms with E-state index in [0.29, 0.717) is 12.8 Å². The first-order chi connectivity index (χ1) is 8.58. The number of carboxylic acids is 1. The van der Waals surface area contributed by atoms with Crippen LogP contribution >= 0.6 is 0 Å². The van der Waals surface area contributed by atoms with Crippen molar-refractivity contribution in [3.8, 4) is 0 Å². The highest BCUT2D eigenvalue weighted by Gasteiger charge is 2.31. The van der Waals surface area contributed by atoms with E-state index in [9.17, 15) is 14.4 Å². The highest BCUT2D eigenvalue weighted by atomic mass is 16.4. The van der Waals surface area contributed by atoms with Gasteiger partial charge < -0.3 is 10.4 Å². The summed E-state index contributed by atoms with van der Waals surface area (Å²) in [4.78, 5) is 35.4. The van der Waals surface area contributed by atoms with Crippen LogP contribution in [-0.2, 0) is 4.79 Å². The lowest BCUT2D eigenvalue weighted by Gasteiger charge is -2.29. The van der Waals surface area contributed by atoms with Crippen molar-refractivity contribution in [3.63, 3.8) is 0 Å². The van der Waals surface area contributed by atoms with Gasteiger partial charge in [0.1, 0.15) is 0 Å². The largest absolute Gasteiger partial charge is 0.481 e. The topological polar surface area (TPSA) is 128 Å². The quantitative estimate of drug-likeness (QED) is 0.576. The number of nitrogens with zero attached hydrogens (tertiary/aromatic N) is 1. The molecule has 1 aromatic heterocycles. The number of carbonyl (C=O) groups is 1. The number of anilines is 1. The number of aliphatic carboxylic acids is 1. The van der Waals surface area contributed by atoms with Gasteiger partial charge in [0.05, 0.1) is 5.92 Å². The standard InChI is InChI=1S/C10H14N4O4/c15-8-7(13-14-10(18)12-8)11-6-4-2-1-3-5(6)9(16)17/h5-6H,1-4H2,(H,11,13)(H,16,17)(H2,12,14,15,18). The van der Waals surface area contributed by atoms with Crippen LogP contribution in [0.4, 0.5) is 5.82 Å². The molecule has 0 aliphatic heterocycles. The van der Waals surface area contributed by atoms with Crippen LogP contribution in [0.5, 0.6) is 0 Å². The molecule has 4 N–H and O–H groups in total. The van der Waals surface area contributed by atoms with Gasteiger partial charge in [-0.2, -0.15) is 0 Å². The van der Waals surface area contributed by atoms with Crippen molar-refractivity contribution in [2.45, 2.75) is 31.7 Å². The minimum absolute atomic E-state index is 0.0484. The SMILES string of the molecule is O=C(O)C1CCCCC1Nc1n[nH]c(=O)[nH]c1=O. The fourth-order valence-corrected chi connectivity index (χ4v) is 2.22. The van der Waals surface area contributed by atoms with E-state index in [1.54, 1.807) is 0 Å². The van der Waals surface area contributed by atoms with Gasteiger partial charge in [0.25, 0.3) is 5.56 Å². The van der Waals surface area contributed by atoms with Gasteiger partial charge in [-0.1, -0.05) is 12.8 Å². The first kappa shape index (κ1) is 12.3. The third-order valence-corrected chi connectivity index (χ3v) is 3.12. The van der Waals surface area contributed by atoms with Gasteiger partial charge in [0.15, 0.2) is 0 Å². The van der Waals surface area contributed by atoms with Crippen molar-refractivity contribution >= 4 is 11.8 Å². The van der Waals surface area contributed by atoms with E-state index in [4.69, 9.17) is 5.11 Å². The van der Waals surface area contributed by atoms with Crippen molar-refractivity contribution in [2.24, 2.45) is 5.92 Å². The summed E-state index contributed by atoms with van der Waals surface area (Å²) in [5.74, 6) is -1.47. The van der Waals surface area contributed by atoms with E-state index in [0.717, 1.165) is 12.8 Å². The van der Waals surface area contributed by atoms with Gasteiger partial charge in [-0.05, 0) is 12.8 Å². The van der Waals surface area contributed by atoms with Crippen LogP contribution in [0.15, 0.2) is 9.59 Å². The second kappa shape index (κ2) is 5.03. The van der Waals surface area contributed by atoms with Gasteiger partial charge in [0, 0.05) is 6.04 Å².